The summed E-state index contributed by atoms with van der Waals surface area (Å²) in [5, 5.41) is 7.69. The molecule has 0 unspecified atom stereocenters. The van der Waals surface area contributed by atoms with Crippen LogP contribution in [0.15, 0.2) is 16.3 Å². The highest BCUT2D eigenvalue weighted by Gasteiger charge is 2.13. The van der Waals surface area contributed by atoms with Gasteiger partial charge in [-0.25, -0.2) is 13.6 Å². The maximum absolute atomic E-state index is 11.4. The van der Waals surface area contributed by atoms with E-state index in [0.29, 0.717) is 4.88 Å². The quantitative estimate of drug-likeness (QED) is 0.826. The number of hydrogen-bond donors (Lipinski definition) is 2. The molecule has 7 heteroatoms. The second-order valence-corrected chi connectivity index (χ2v) is 6.62. The second kappa shape index (κ2) is 4.94. The summed E-state index contributed by atoms with van der Waals surface area (Å²) in [6, 6.07) is 3.09. The first kappa shape index (κ1) is 13.1. The maximum atomic E-state index is 11.4. The molecular formula is C9H14N2O3S2. The Labute approximate surface area is 98.7 Å². The van der Waals surface area contributed by atoms with Crippen molar-refractivity contribution in [3.05, 3.63) is 17.0 Å². The number of sulfonamides is 1. The predicted octanol–water partition coefficient (Wildman–Crippen LogP) is 0.463. The van der Waals surface area contributed by atoms with Crippen LogP contribution in [0.1, 0.15) is 18.7 Å². The first-order chi connectivity index (χ1) is 7.29. The molecule has 0 saturated heterocycles. The van der Waals surface area contributed by atoms with Gasteiger partial charge in [0.1, 0.15) is 4.21 Å². The normalized spacial score (nSPS) is 11.8. The zero-order valence-electron chi connectivity index (χ0n) is 9.06. The van der Waals surface area contributed by atoms with Crippen molar-refractivity contribution in [2.75, 3.05) is 0 Å². The van der Waals surface area contributed by atoms with Crippen molar-refractivity contribution in [1.82, 2.24) is 5.32 Å². The van der Waals surface area contributed by atoms with E-state index < -0.39 is 10.0 Å². The van der Waals surface area contributed by atoms with Crippen molar-refractivity contribution < 1.29 is 13.2 Å². The third-order valence-corrected chi connectivity index (χ3v) is 4.23. The minimum absolute atomic E-state index is 0.0742. The van der Waals surface area contributed by atoms with Crippen LogP contribution in [0.3, 0.4) is 0 Å². The van der Waals surface area contributed by atoms with Crippen molar-refractivity contribution in [3.63, 3.8) is 0 Å². The van der Waals surface area contributed by atoms with Gasteiger partial charge in [0.05, 0.1) is 6.42 Å². The number of nitrogens with two attached hydrogens (primary N) is 1. The number of amides is 1. The van der Waals surface area contributed by atoms with Crippen molar-refractivity contribution in [3.8, 4) is 0 Å². The molecule has 1 aromatic rings. The Morgan fingerprint density at radius 1 is 1.50 bits per heavy atom. The van der Waals surface area contributed by atoms with Crippen LogP contribution in [-0.2, 0) is 21.2 Å². The Kier molecular flexibility index (Phi) is 4.06. The summed E-state index contributed by atoms with van der Waals surface area (Å²) in [5.41, 5.74) is 0. The van der Waals surface area contributed by atoms with Crippen molar-refractivity contribution in [2.45, 2.75) is 30.5 Å². The molecule has 1 aromatic heterocycles. The number of thiophene rings is 1. The van der Waals surface area contributed by atoms with Gasteiger partial charge in [-0.3, -0.25) is 4.79 Å². The minimum Gasteiger partial charge on any atom is -0.354 e. The second-order valence-electron chi connectivity index (χ2n) is 3.66. The molecule has 0 bridgehead atoms. The largest absolute Gasteiger partial charge is 0.354 e. The Balaban J connectivity index is 2.70. The monoisotopic (exact) mass is 262 g/mol. The summed E-state index contributed by atoms with van der Waals surface area (Å²) in [4.78, 5) is 12.1. The summed E-state index contributed by atoms with van der Waals surface area (Å²) in [5.74, 6) is -0.127. The molecule has 1 heterocycles. The molecule has 0 aromatic carbocycles. The lowest BCUT2D eigenvalue weighted by molar-refractivity contribution is -0.120. The van der Waals surface area contributed by atoms with Gasteiger partial charge in [-0.2, -0.15) is 0 Å². The van der Waals surface area contributed by atoms with E-state index in [1.165, 1.54) is 6.07 Å². The van der Waals surface area contributed by atoms with Gasteiger partial charge in [0.15, 0.2) is 0 Å². The van der Waals surface area contributed by atoms with Gasteiger partial charge in [-0.05, 0) is 26.0 Å². The van der Waals surface area contributed by atoms with Crippen LogP contribution >= 0.6 is 11.3 Å². The molecule has 0 radical (unpaired) electrons. The van der Waals surface area contributed by atoms with Crippen LogP contribution in [-0.4, -0.2) is 20.4 Å². The van der Waals surface area contributed by atoms with E-state index in [4.69, 9.17) is 5.14 Å². The lowest BCUT2D eigenvalue weighted by Crippen LogP contribution is -2.31. The molecule has 0 aliphatic heterocycles. The number of primary sulfonamides is 1. The van der Waals surface area contributed by atoms with Crippen molar-refractivity contribution in [2.24, 2.45) is 5.14 Å². The molecule has 0 aliphatic rings. The van der Waals surface area contributed by atoms with E-state index in [9.17, 15) is 13.2 Å². The summed E-state index contributed by atoms with van der Waals surface area (Å²) >= 11 is 1.02. The molecule has 3 N–H and O–H groups in total. The first-order valence-electron chi connectivity index (χ1n) is 4.70. The molecule has 5 nitrogen and oxygen atoms in total. The highest BCUT2D eigenvalue weighted by Crippen LogP contribution is 2.20. The summed E-state index contributed by atoms with van der Waals surface area (Å²) in [6.07, 6.45) is 0.179. The van der Waals surface area contributed by atoms with E-state index >= 15 is 0 Å². The first-order valence-corrected chi connectivity index (χ1v) is 7.06. The smallest absolute Gasteiger partial charge is 0.247 e. The average Bonchev–Trinajstić information content (AvgIpc) is 2.49. The third-order valence-electron chi connectivity index (χ3n) is 1.70. The van der Waals surface area contributed by atoms with Crippen LogP contribution in [0.25, 0.3) is 0 Å². The molecule has 16 heavy (non-hydrogen) atoms. The SMILES string of the molecule is CC(C)NC(=O)Cc1ccc(S(N)(=O)=O)s1. The minimum atomic E-state index is -3.65. The maximum Gasteiger partial charge on any atom is 0.247 e. The average molecular weight is 262 g/mol. The van der Waals surface area contributed by atoms with Crippen LogP contribution in [0, 0.1) is 0 Å². The van der Waals surface area contributed by atoms with Crippen molar-refractivity contribution >= 4 is 27.3 Å². The highest BCUT2D eigenvalue weighted by molar-refractivity contribution is 7.91. The zero-order valence-corrected chi connectivity index (χ0v) is 10.7. The molecule has 1 rings (SSSR count). The zero-order chi connectivity index (χ0) is 12.3. The Morgan fingerprint density at radius 2 is 2.12 bits per heavy atom. The third kappa shape index (κ3) is 3.92. The summed E-state index contributed by atoms with van der Waals surface area (Å²) in [7, 11) is -3.65. The number of carbonyl (C=O) groups is 1. The molecule has 0 atom stereocenters. The molecule has 0 aliphatic carbocycles. The van der Waals surface area contributed by atoms with Gasteiger partial charge >= 0.3 is 0 Å². The molecular weight excluding hydrogens is 248 g/mol. The Hall–Kier alpha value is -0.920. The van der Waals surface area contributed by atoms with Gasteiger partial charge in [0.2, 0.25) is 15.9 Å². The number of hydrogen-bond acceptors (Lipinski definition) is 4. The molecule has 90 valence electrons. The fraction of sp³-hybridized carbons (Fsp3) is 0.444. The number of carbonyl (C=O) groups excluding carboxylic acids is 1. The van der Waals surface area contributed by atoms with E-state index in [1.54, 1.807) is 6.07 Å². The fourth-order valence-corrected chi connectivity index (χ4v) is 2.91. The molecule has 0 saturated carbocycles. The topological polar surface area (TPSA) is 89.3 Å². The highest BCUT2D eigenvalue weighted by atomic mass is 32.2. The Morgan fingerprint density at radius 3 is 2.56 bits per heavy atom. The number of nitrogens with one attached hydrogen (secondary N) is 1. The molecule has 0 fully saturated rings. The van der Waals surface area contributed by atoms with Crippen LogP contribution in [0.4, 0.5) is 0 Å². The fourth-order valence-electron chi connectivity index (χ4n) is 1.14. The van der Waals surface area contributed by atoms with Crippen LogP contribution in [0.2, 0.25) is 0 Å². The van der Waals surface area contributed by atoms with Crippen molar-refractivity contribution in [1.29, 1.82) is 0 Å². The van der Waals surface area contributed by atoms with E-state index in [2.05, 4.69) is 5.32 Å². The number of rotatable bonds is 4. The van der Waals surface area contributed by atoms with E-state index in [1.807, 2.05) is 13.8 Å². The Bertz CT molecular complexity index is 477. The summed E-state index contributed by atoms with van der Waals surface area (Å²) < 4.78 is 22.1. The van der Waals surface area contributed by atoms with E-state index in [-0.39, 0.29) is 22.6 Å². The lowest BCUT2D eigenvalue weighted by atomic mass is 10.3. The standard InChI is InChI=1S/C9H14N2O3S2/c1-6(2)11-8(12)5-7-3-4-9(15-7)16(10,13)14/h3-4,6H,5H2,1-2H3,(H,11,12)(H2,10,13,14). The lowest BCUT2D eigenvalue weighted by Gasteiger charge is -2.06. The van der Waals surface area contributed by atoms with Gasteiger partial charge in [-0.15, -0.1) is 11.3 Å². The van der Waals surface area contributed by atoms with Crippen LogP contribution < -0.4 is 10.5 Å². The predicted molar refractivity (Wildman–Crippen MR) is 62.7 cm³/mol. The van der Waals surface area contributed by atoms with Gasteiger partial charge in [0, 0.05) is 10.9 Å². The molecule has 0 spiro atoms. The van der Waals surface area contributed by atoms with Crippen LogP contribution in [0.5, 0.6) is 0 Å². The summed E-state index contributed by atoms with van der Waals surface area (Å²) in [6.45, 7) is 3.73. The van der Waals surface area contributed by atoms with E-state index in [0.717, 1.165) is 11.3 Å². The van der Waals surface area contributed by atoms with Gasteiger partial charge in [-0.1, -0.05) is 0 Å². The molecule has 1 amide bonds. The van der Waals surface area contributed by atoms with Gasteiger partial charge in [0.25, 0.3) is 0 Å². The van der Waals surface area contributed by atoms with Gasteiger partial charge < -0.3 is 5.32 Å².